The van der Waals surface area contributed by atoms with Gasteiger partial charge in [-0.15, -0.1) is 0 Å². The number of amides is 2. The van der Waals surface area contributed by atoms with Gasteiger partial charge >= 0.3 is 0 Å². The number of carbonyl (C=O) groups excluding carboxylic acids is 2. The van der Waals surface area contributed by atoms with E-state index in [4.69, 9.17) is 16.3 Å². The van der Waals surface area contributed by atoms with Gasteiger partial charge in [0.25, 0.3) is 5.91 Å². The van der Waals surface area contributed by atoms with E-state index in [-0.39, 0.29) is 25.0 Å². The second-order valence-corrected chi connectivity index (χ2v) is 8.64. The van der Waals surface area contributed by atoms with Crippen molar-refractivity contribution in [1.29, 1.82) is 0 Å². The fourth-order valence-electron chi connectivity index (χ4n) is 3.34. The van der Waals surface area contributed by atoms with Crippen molar-refractivity contribution < 1.29 is 14.3 Å². The molecule has 31 heavy (non-hydrogen) atoms. The molecule has 2 aromatic rings. The third-order valence-corrected chi connectivity index (χ3v) is 5.42. The Bertz CT molecular complexity index is 898. The lowest BCUT2D eigenvalue weighted by molar-refractivity contribution is -0.143. The van der Waals surface area contributed by atoms with Gasteiger partial charge in [0.15, 0.2) is 6.61 Å². The zero-order valence-corrected chi connectivity index (χ0v) is 19.8. The van der Waals surface area contributed by atoms with E-state index in [1.807, 2.05) is 71.0 Å². The van der Waals surface area contributed by atoms with Gasteiger partial charge in [0.1, 0.15) is 11.8 Å². The summed E-state index contributed by atoms with van der Waals surface area (Å²) in [5.41, 5.74) is 2.88. The first-order valence-electron chi connectivity index (χ1n) is 10.7. The minimum Gasteiger partial charge on any atom is -0.483 e. The highest BCUT2D eigenvalue weighted by Crippen LogP contribution is 2.21. The molecular formula is C25H33ClN2O3. The molecule has 0 fully saturated rings. The van der Waals surface area contributed by atoms with Crippen molar-refractivity contribution in [2.24, 2.45) is 5.92 Å². The molecule has 0 radical (unpaired) electrons. The molecule has 0 unspecified atom stereocenters. The van der Waals surface area contributed by atoms with Crippen molar-refractivity contribution in [1.82, 2.24) is 10.2 Å². The average molecular weight is 445 g/mol. The minimum absolute atomic E-state index is 0.150. The molecule has 0 spiro atoms. The summed E-state index contributed by atoms with van der Waals surface area (Å²) >= 11 is 6.34. The zero-order valence-electron chi connectivity index (χ0n) is 19.1. The molecule has 0 aromatic heterocycles. The number of ether oxygens (including phenoxy) is 1. The van der Waals surface area contributed by atoms with E-state index in [1.165, 1.54) is 0 Å². The third kappa shape index (κ3) is 7.28. The third-order valence-electron chi connectivity index (χ3n) is 5.05. The van der Waals surface area contributed by atoms with Crippen LogP contribution in [-0.4, -0.2) is 35.9 Å². The Balaban J connectivity index is 2.23. The summed E-state index contributed by atoms with van der Waals surface area (Å²) in [6.45, 7) is 10.6. The fraction of sp³-hybridized carbons (Fsp3) is 0.440. The van der Waals surface area contributed by atoms with Gasteiger partial charge in [0.2, 0.25) is 5.91 Å². The predicted octanol–water partition coefficient (Wildman–Crippen LogP) is 4.92. The lowest BCUT2D eigenvalue weighted by atomic mass is 10.1. The molecule has 2 rings (SSSR count). The van der Waals surface area contributed by atoms with E-state index in [2.05, 4.69) is 5.32 Å². The van der Waals surface area contributed by atoms with Gasteiger partial charge < -0.3 is 15.0 Å². The van der Waals surface area contributed by atoms with Gasteiger partial charge in [-0.1, -0.05) is 68.3 Å². The summed E-state index contributed by atoms with van der Waals surface area (Å²) in [5, 5.41) is 3.51. The molecule has 0 aliphatic rings. The van der Waals surface area contributed by atoms with Crippen molar-refractivity contribution in [2.45, 2.75) is 53.6 Å². The average Bonchev–Trinajstić information content (AvgIpc) is 2.72. The number of nitrogens with zero attached hydrogens (tertiary/aromatic N) is 1. The number of carbonyl (C=O) groups is 2. The number of halogens is 1. The van der Waals surface area contributed by atoms with Crippen LogP contribution >= 0.6 is 11.6 Å². The molecule has 0 aliphatic carbocycles. The number of nitrogens with one attached hydrogen (secondary N) is 1. The lowest BCUT2D eigenvalue weighted by Gasteiger charge is -2.31. The van der Waals surface area contributed by atoms with Crippen LogP contribution in [0.5, 0.6) is 5.75 Å². The maximum Gasteiger partial charge on any atom is 0.261 e. The number of aryl methyl sites for hydroxylation is 2. The van der Waals surface area contributed by atoms with E-state index in [9.17, 15) is 9.59 Å². The maximum absolute atomic E-state index is 13.2. The summed E-state index contributed by atoms with van der Waals surface area (Å²) in [4.78, 5) is 27.7. The molecule has 2 amide bonds. The summed E-state index contributed by atoms with van der Waals surface area (Å²) < 4.78 is 5.82. The van der Waals surface area contributed by atoms with E-state index in [0.29, 0.717) is 29.7 Å². The van der Waals surface area contributed by atoms with Crippen LogP contribution in [-0.2, 0) is 16.1 Å². The monoisotopic (exact) mass is 444 g/mol. The number of hydrogen-bond acceptors (Lipinski definition) is 3. The Kier molecular flexibility index (Phi) is 9.38. The Morgan fingerprint density at radius 2 is 1.84 bits per heavy atom. The Hall–Kier alpha value is -2.53. The summed E-state index contributed by atoms with van der Waals surface area (Å²) in [6.07, 6.45) is 0.490. The van der Waals surface area contributed by atoms with Crippen molar-refractivity contribution in [3.63, 3.8) is 0 Å². The van der Waals surface area contributed by atoms with Crippen LogP contribution in [0, 0.1) is 19.8 Å². The molecule has 0 saturated carbocycles. The van der Waals surface area contributed by atoms with Crippen molar-refractivity contribution >= 4 is 23.4 Å². The van der Waals surface area contributed by atoms with Crippen LogP contribution in [0.1, 0.15) is 43.9 Å². The van der Waals surface area contributed by atoms with Crippen LogP contribution in [0.3, 0.4) is 0 Å². The first kappa shape index (κ1) is 24.7. The van der Waals surface area contributed by atoms with Crippen LogP contribution in [0.15, 0.2) is 42.5 Å². The molecule has 0 bridgehead atoms. The van der Waals surface area contributed by atoms with Gasteiger partial charge in [-0.05, 0) is 49.4 Å². The summed E-state index contributed by atoms with van der Waals surface area (Å²) in [6, 6.07) is 12.6. The topological polar surface area (TPSA) is 58.6 Å². The number of hydrogen-bond donors (Lipinski definition) is 1. The van der Waals surface area contributed by atoms with Crippen LogP contribution in [0.2, 0.25) is 5.02 Å². The van der Waals surface area contributed by atoms with E-state index >= 15 is 0 Å². The molecule has 0 aliphatic heterocycles. The van der Waals surface area contributed by atoms with Gasteiger partial charge in [-0.25, -0.2) is 0 Å². The standard InChI is InChI=1S/C25H33ClN2O3/c1-6-22(25(30)27-14-17(2)3)28(15-20-9-7-8-10-21(20)26)24(29)16-31-23-12-11-18(4)13-19(23)5/h7-13,17,22H,6,14-16H2,1-5H3,(H,27,30)/t22-/m1/s1. The first-order chi connectivity index (χ1) is 14.7. The molecular weight excluding hydrogens is 412 g/mol. The Morgan fingerprint density at radius 3 is 2.45 bits per heavy atom. The van der Waals surface area contributed by atoms with Crippen molar-refractivity contribution in [3.05, 3.63) is 64.2 Å². The van der Waals surface area contributed by atoms with Crippen LogP contribution in [0.4, 0.5) is 0 Å². The van der Waals surface area contributed by atoms with E-state index in [0.717, 1.165) is 16.7 Å². The highest BCUT2D eigenvalue weighted by molar-refractivity contribution is 6.31. The molecule has 0 heterocycles. The fourth-order valence-corrected chi connectivity index (χ4v) is 3.53. The maximum atomic E-state index is 13.2. The molecule has 5 nitrogen and oxygen atoms in total. The second-order valence-electron chi connectivity index (χ2n) is 8.23. The summed E-state index contributed by atoms with van der Waals surface area (Å²) in [7, 11) is 0. The van der Waals surface area contributed by atoms with E-state index < -0.39 is 6.04 Å². The van der Waals surface area contributed by atoms with Crippen molar-refractivity contribution in [3.8, 4) is 5.75 Å². The molecule has 1 atom stereocenters. The molecule has 2 aromatic carbocycles. The van der Waals surface area contributed by atoms with Crippen LogP contribution < -0.4 is 10.1 Å². The quantitative estimate of drug-likeness (QED) is 0.566. The van der Waals surface area contributed by atoms with Gasteiger partial charge in [-0.3, -0.25) is 9.59 Å². The largest absolute Gasteiger partial charge is 0.483 e. The van der Waals surface area contributed by atoms with Gasteiger partial charge in [0, 0.05) is 18.1 Å². The predicted molar refractivity (Wildman–Crippen MR) is 125 cm³/mol. The molecule has 0 saturated heterocycles. The number of benzene rings is 2. The smallest absolute Gasteiger partial charge is 0.261 e. The highest BCUT2D eigenvalue weighted by atomic mass is 35.5. The van der Waals surface area contributed by atoms with E-state index in [1.54, 1.807) is 11.0 Å². The highest BCUT2D eigenvalue weighted by Gasteiger charge is 2.29. The first-order valence-corrected chi connectivity index (χ1v) is 11.1. The SMILES string of the molecule is CC[C@H](C(=O)NCC(C)C)N(Cc1ccccc1Cl)C(=O)COc1ccc(C)cc1C. The normalized spacial score (nSPS) is 11.8. The lowest BCUT2D eigenvalue weighted by Crippen LogP contribution is -2.50. The number of rotatable bonds is 10. The van der Waals surface area contributed by atoms with Gasteiger partial charge in [-0.2, -0.15) is 0 Å². The zero-order chi connectivity index (χ0) is 23.0. The molecule has 1 N–H and O–H groups in total. The minimum atomic E-state index is -0.606. The molecule has 6 heteroatoms. The second kappa shape index (κ2) is 11.8. The summed E-state index contributed by atoms with van der Waals surface area (Å²) in [5.74, 6) is 0.561. The van der Waals surface area contributed by atoms with Crippen molar-refractivity contribution in [2.75, 3.05) is 13.2 Å². The van der Waals surface area contributed by atoms with Gasteiger partial charge in [0.05, 0.1) is 0 Å². The van der Waals surface area contributed by atoms with Crippen LogP contribution in [0.25, 0.3) is 0 Å². The Morgan fingerprint density at radius 1 is 1.13 bits per heavy atom. The molecule has 168 valence electrons. The Labute approximate surface area is 190 Å².